The number of rotatable bonds is 14. The normalized spacial score (nSPS) is 13.9. The van der Waals surface area contributed by atoms with Gasteiger partial charge >= 0.3 is 5.97 Å². The molecule has 18 heteroatoms. The van der Waals surface area contributed by atoms with E-state index in [9.17, 15) is 32.7 Å². The Morgan fingerprint density at radius 3 is 2.23 bits per heavy atom. The van der Waals surface area contributed by atoms with Crippen LogP contribution in [-0.2, 0) is 35.7 Å². The molecule has 0 spiro atoms. The molecule has 1 aromatic heterocycles. The molecular formula is C21H27Cl2N7O7S2. The van der Waals surface area contributed by atoms with Gasteiger partial charge in [0.2, 0.25) is 27.0 Å². The van der Waals surface area contributed by atoms with Crippen molar-refractivity contribution in [3.8, 4) is 0 Å². The number of nitrogens with one attached hydrogen (secondary N) is 3. The highest BCUT2D eigenvalue weighted by molar-refractivity contribution is 7.99. The molecule has 0 saturated heterocycles. The average molecular weight is 625 g/mol. The second kappa shape index (κ2) is 14.0. The fraction of sp³-hybridized carbons (Fsp3) is 0.476. The van der Waals surface area contributed by atoms with Crippen LogP contribution in [0.5, 0.6) is 0 Å². The Hall–Kier alpha value is -2.79. The molecule has 39 heavy (non-hydrogen) atoms. The van der Waals surface area contributed by atoms with Gasteiger partial charge in [0.25, 0.3) is 0 Å². The zero-order valence-electron chi connectivity index (χ0n) is 21.2. The third-order valence-corrected chi connectivity index (χ3v) is 7.50. The Kier molecular flexibility index (Phi) is 11.7. The summed E-state index contributed by atoms with van der Waals surface area (Å²) in [7, 11) is -3.72. The van der Waals surface area contributed by atoms with Gasteiger partial charge < -0.3 is 15.7 Å². The Bertz CT molecular complexity index is 1320. The van der Waals surface area contributed by atoms with Crippen LogP contribution in [-0.4, -0.2) is 81.7 Å². The summed E-state index contributed by atoms with van der Waals surface area (Å²) in [5.41, 5.74) is 0. The number of hydrogen-bond donors (Lipinski definition) is 4. The second-order valence-electron chi connectivity index (χ2n) is 8.72. The van der Waals surface area contributed by atoms with E-state index in [-0.39, 0.29) is 5.16 Å². The number of halogens is 2. The van der Waals surface area contributed by atoms with Crippen molar-refractivity contribution in [1.29, 1.82) is 0 Å². The first-order valence-electron chi connectivity index (χ1n) is 11.3. The maximum Gasteiger partial charge on any atom is 0.305 e. The number of hydrogen-bond acceptors (Lipinski definition) is 10. The van der Waals surface area contributed by atoms with E-state index in [0.717, 1.165) is 22.8 Å². The third kappa shape index (κ3) is 10.4. The van der Waals surface area contributed by atoms with E-state index in [1.807, 2.05) is 0 Å². The number of carboxylic acid groups (broad SMARTS) is 1. The number of aromatic nitrogens is 4. The highest BCUT2D eigenvalue weighted by atomic mass is 35.5. The minimum absolute atomic E-state index is 0.121. The van der Waals surface area contributed by atoms with Crippen LogP contribution in [0.15, 0.2) is 28.3 Å². The predicted octanol–water partition coefficient (Wildman–Crippen LogP) is 0.738. The van der Waals surface area contributed by atoms with Crippen molar-refractivity contribution < 1.29 is 32.7 Å². The Morgan fingerprint density at radius 1 is 1.08 bits per heavy atom. The van der Waals surface area contributed by atoms with E-state index < -0.39 is 70.6 Å². The number of tetrazole rings is 1. The van der Waals surface area contributed by atoms with Crippen molar-refractivity contribution in [3.05, 3.63) is 28.2 Å². The molecule has 0 fully saturated rings. The van der Waals surface area contributed by atoms with Crippen LogP contribution in [0.2, 0.25) is 10.0 Å². The second-order valence-corrected chi connectivity index (χ2v) is 12.3. The summed E-state index contributed by atoms with van der Waals surface area (Å²) in [5, 5.41) is 26.4. The number of carbonyl (C=O) groups excluding carboxylic acids is 3. The van der Waals surface area contributed by atoms with Gasteiger partial charge in [0.05, 0.1) is 27.6 Å². The zero-order chi connectivity index (χ0) is 29.5. The van der Waals surface area contributed by atoms with Crippen molar-refractivity contribution in [3.63, 3.8) is 0 Å². The summed E-state index contributed by atoms with van der Waals surface area (Å²) in [4.78, 5) is 50.8. The summed E-state index contributed by atoms with van der Waals surface area (Å²) >= 11 is 13.3. The maximum atomic E-state index is 12.8. The van der Waals surface area contributed by atoms with E-state index in [1.54, 1.807) is 32.0 Å². The first-order valence-corrected chi connectivity index (χ1v) is 14.8. The van der Waals surface area contributed by atoms with Crippen LogP contribution in [0.4, 0.5) is 0 Å². The van der Waals surface area contributed by atoms with Crippen molar-refractivity contribution in [2.24, 2.45) is 5.92 Å². The molecule has 0 aliphatic rings. The number of Topliss-reactive ketones (excluding diaryl/α,β-unsaturated/α-hetero) is 1. The zero-order valence-corrected chi connectivity index (χ0v) is 24.4. The quantitative estimate of drug-likeness (QED) is 0.231. The van der Waals surface area contributed by atoms with Crippen molar-refractivity contribution in [2.45, 2.75) is 61.9 Å². The van der Waals surface area contributed by atoms with Crippen molar-refractivity contribution in [2.75, 3.05) is 6.26 Å². The van der Waals surface area contributed by atoms with Gasteiger partial charge in [0.1, 0.15) is 24.7 Å². The van der Waals surface area contributed by atoms with Crippen LogP contribution >= 0.6 is 35.0 Å². The standard InChI is InChI=1S/C21H27Cl2N7O7S2/c1-10(2)17(28-39(4,36)37)20(35)24-11(3)19(34)25-14(8-16(32)33)15(31)9-30-27-21(26-29-30)38-18-12(22)6-5-7-13(18)23/h5-7,10-11,14,17,28H,8-9H2,1-4H3,(H,24,35)(H,25,34)(H,32,33)/t11-,14?,17-/m0/s1. The topological polar surface area (TPSA) is 202 Å². The number of amides is 2. The van der Waals surface area contributed by atoms with E-state index in [2.05, 4.69) is 30.8 Å². The molecule has 0 bridgehead atoms. The minimum Gasteiger partial charge on any atom is -0.481 e. The van der Waals surface area contributed by atoms with Gasteiger partial charge in [-0.05, 0) is 41.9 Å². The average Bonchev–Trinajstić information content (AvgIpc) is 3.25. The fourth-order valence-corrected chi connectivity index (χ4v) is 5.26. The maximum absolute atomic E-state index is 12.8. The lowest BCUT2D eigenvalue weighted by Crippen LogP contribution is -2.56. The van der Waals surface area contributed by atoms with Gasteiger partial charge in [0.15, 0.2) is 5.78 Å². The molecule has 0 aliphatic carbocycles. The number of aliphatic carboxylic acids is 1. The molecule has 3 atom stereocenters. The monoisotopic (exact) mass is 623 g/mol. The Labute approximate surface area is 238 Å². The molecule has 2 amide bonds. The molecule has 14 nitrogen and oxygen atoms in total. The lowest BCUT2D eigenvalue weighted by molar-refractivity contribution is -0.140. The molecule has 2 aromatic rings. The van der Waals surface area contributed by atoms with Crippen LogP contribution in [0, 0.1) is 5.92 Å². The van der Waals surface area contributed by atoms with E-state index in [1.165, 1.54) is 6.92 Å². The SMILES string of the molecule is CC(C)[C@H](NS(C)(=O)=O)C(=O)N[C@@H](C)C(=O)NC(CC(=O)O)C(=O)Cn1nnc(Sc2c(Cl)cccc2Cl)n1. The predicted molar refractivity (Wildman–Crippen MR) is 142 cm³/mol. The van der Waals surface area contributed by atoms with Crippen molar-refractivity contribution >= 4 is 68.6 Å². The molecular weight excluding hydrogens is 597 g/mol. The molecule has 1 heterocycles. The van der Waals surface area contributed by atoms with Crippen LogP contribution in [0.3, 0.4) is 0 Å². The summed E-state index contributed by atoms with van der Waals surface area (Å²) < 4.78 is 25.3. The lowest BCUT2D eigenvalue weighted by atomic mass is 10.0. The molecule has 2 rings (SSSR count). The molecule has 0 radical (unpaired) electrons. The molecule has 0 saturated carbocycles. The number of ketones is 1. The highest BCUT2D eigenvalue weighted by Crippen LogP contribution is 2.36. The summed E-state index contributed by atoms with van der Waals surface area (Å²) in [5.74, 6) is -4.18. The number of nitrogens with zero attached hydrogens (tertiary/aromatic N) is 4. The van der Waals surface area contributed by atoms with Crippen molar-refractivity contribution in [1.82, 2.24) is 35.6 Å². The molecule has 4 N–H and O–H groups in total. The van der Waals surface area contributed by atoms with Crippen LogP contribution in [0.25, 0.3) is 0 Å². The summed E-state index contributed by atoms with van der Waals surface area (Å²) in [6.45, 7) is 4.01. The molecule has 1 unspecified atom stereocenters. The molecule has 1 aromatic carbocycles. The Balaban J connectivity index is 2.07. The number of carbonyl (C=O) groups is 4. The summed E-state index contributed by atoms with van der Waals surface area (Å²) in [6, 6.07) is 1.05. The number of sulfonamides is 1. The Morgan fingerprint density at radius 2 is 1.69 bits per heavy atom. The highest BCUT2D eigenvalue weighted by Gasteiger charge is 2.30. The third-order valence-electron chi connectivity index (χ3n) is 4.97. The van der Waals surface area contributed by atoms with Gasteiger partial charge in [-0.15, -0.1) is 10.2 Å². The van der Waals surface area contributed by atoms with Crippen LogP contribution in [0.1, 0.15) is 27.2 Å². The minimum atomic E-state index is -3.72. The summed E-state index contributed by atoms with van der Waals surface area (Å²) in [6.07, 6.45) is 0.145. The van der Waals surface area contributed by atoms with Gasteiger partial charge in [-0.3, -0.25) is 19.2 Å². The van der Waals surface area contributed by atoms with Gasteiger partial charge in [-0.2, -0.15) is 4.80 Å². The fourth-order valence-electron chi connectivity index (χ4n) is 3.07. The van der Waals surface area contributed by atoms with Crippen LogP contribution < -0.4 is 15.4 Å². The van der Waals surface area contributed by atoms with Gasteiger partial charge in [0, 0.05) is 0 Å². The lowest BCUT2D eigenvalue weighted by Gasteiger charge is -2.24. The first-order chi connectivity index (χ1) is 18.1. The van der Waals surface area contributed by atoms with Gasteiger partial charge in [-0.25, -0.2) is 13.1 Å². The molecule has 0 aliphatic heterocycles. The number of carboxylic acids is 1. The number of benzene rings is 1. The largest absolute Gasteiger partial charge is 0.481 e. The van der Waals surface area contributed by atoms with E-state index >= 15 is 0 Å². The molecule has 214 valence electrons. The van der Waals surface area contributed by atoms with E-state index in [0.29, 0.717) is 14.9 Å². The van der Waals surface area contributed by atoms with Gasteiger partial charge in [-0.1, -0.05) is 43.1 Å². The van der Waals surface area contributed by atoms with E-state index in [4.69, 9.17) is 23.2 Å². The first kappa shape index (κ1) is 32.4. The smallest absolute Gasteiger partial charge is 0.305 e.